The lowest BCUT2D eigenvalue weighted by Gasteiger charge is -2.10. The van der Waals surface area contributed by atoms with Crippen molar-refractivity contribution in [1.29, 1.82) is 5.26 Å². The molecule has 1 aromatic rings. The van der Waals surface area contributed by atoms with E-state index in [1.807, 2.05) is 6.07 Å². The Labute approximate surface area is 107 Å². The zero-order valence-electron chi connectivity index (χ0n) is 9.08. The fraction of sp³-hybridized carbons (Fsp3) is 0.333. The van der Waals surface area contributed by atoms with Gasteiger partial charge in [0.2, 0.25) is 0 Å². The van der Waals surface area contributed by atoms with Gasteiger partial charge < -0.3 is 0 Å². The van der Waals surface area contributed by atoms with Gasteiger partial charge in [0.1, 0.15) is 6.04 Å². The predicted octanol–water partition coefficient (Wildman–Crippen LogP) is 3.60. The summed E-state index contributed by atoms with van der Waals surface area (Å²) in [6.45, 7) is 0. The second-order valence-corrected chi connectivity index (χ2v) is 4.43. The van der Waals surface area contributed by atoms with E-state index in [0.29, 0.717) is 10.6 Å². The first-order chi connectivity index (χ1) is 8.41. The third kappa shape index (κ3) is 2.49. The maximum Gasteiger partial charge on any atom is 0.410 e. The second-order valence-electron chi connectivity index (χ2n) is 4.00. The molecule has 94 valence electrons. The summed E-state index contributed by atoms with van der Waals surface area (Å²) in [7, 11) is 0. The molecule has 2 unspecified atom stereocenters. The molecular formula is C12H8ClF3N2. The van der Waals surface area contributed by atoms with E-state index in [4.69, 9.17) is 16.9 Å². The summed E-state index contributed by atoms with van der Waals surface area (Å²) in [4.78, 5) is 3.64. The van der Waals surface area contributed by atoms with Crippen LogP contribution in [0.5, 0.6) is 0 Å². The molecule has 1 aliphatic heterocycles. The molecular weight excluding hydrogens is 265 g/mol. The molecule has 18 heavy (non-hydrogen) atoms. The summed E-state index contributed by atoms with van der Waals surface area (Å²) in [6, 6.07) is 6.36. The zero-order chi connectivity index (χ0) is 13.3. The van der Waals surface area contributed by atoms with Gasteiger partial charge in [-0.15, -0.1) is 0 Å². The van der Waals surface area contributed by atoms with Crippen molar-refractivity contribution < 1.29 is 13.2 Å². The van der Waals surface area contributed by atoms with Crippen molar-refractivity contribution in [2.45, 2.75) is 18.6 Å². The van der Waals surface area contributed by atoms with Gasteiger partial charge in [-0.3, -0.25) is 4.99 Å². The molecule has 0 spiro atoms. The maximum atomic E-state index is 12.6. The molecule has 2 atom stereocenters. The van der Waals surface area contributed by atoms with Crippen molar-refractivity contribution in [2.75, 3.05) is 0 Å². The van der Waals surface area contributed by atoms with Gasteiger partial charge in [-0.25, -0.2) is 0 Å². The highest BCUT2D eigenvalue weighted by Gasteiger charge is 2.45. The van der Waals surface area contributed by atoms with E-state index in [1.165, 1.54) is 0 Å². The fourth-order valence-electron chi connectivity index (χ4n) is 1.86. The lowest BCUT2D eigenvalue weighted by Crippen LogP contribution is -2.25. The summed E-state index contributed by atoms with van der Waals surface area (Å²) < 4.78 is 37.8. The topological polar surface area (TPSA) is 36.1 Å². The lowest BCUT2D eigenvalue weighted by molar-refractivity contribution is -0.146. The molecule has 2 nitrogen and oxygen atoms in total. The van der Waals surface area contributed by atoms with Crippen LogP contribution in [-0.2, 0) is 0 Å². The quantitative estimate of drug-likeness (QED) is 0.769. The summed E-state index contributed by atoms with van der Waals surface area (Å²) in [5.41, 5.74) is 0.703. The van der Waals surface area contributed by atoms with E-state index in [1.54, 1.807) is 24.3 Å². The maximum absolute atomic E-state index is 12.6. The van der Waals surface area contributed by atoms with Gasteiger partial charge in [0.15, 0.2) is 0 Å². The standard InChI is InChI=1S/C12H8ClF3N2/c13-9-3-1-7(2-4-9)11-8(6-17)5-10(18-11)12(14,15)16/h1-4,8,10H,5H2. The first-order valence-electron chi connectivity index (χ1n) is 5.22. The largest absolute Gasteiger partial charge is 0.410 e. The Morgan fingerprint density at radius 2 is 1.89 bits per heavy atom. The van der Waals surface area contributed by atoms with Crippen molar-refractivity contribution in [3.8, 4) is 6.07 Å². The minimum absolute atomic E-state index is 0.191. The van der Waals surface area contributed by atoms with Crippen molar-refractivity contribution in [1.82, 2.24) is 0 Å². The van der Waals surface area contributed by atoms with E-state index in [-0.39, 0.29) is 12.1 Å². The summed E-state index contributed by atoms with van der Waals surface area (Å²) in [5.74, 6) is -0.821. The predicted molar refractivity (Wildman–Crippen MR) is 61.6 cm³/mol. The number of rotatable bonds is 1. The Morgan fingerprint density at radius 3 is 2.39 bits per heavy atom. The normalized spacial score (nSPS) is 23.6. The highest BCUT2D eigenvalue weighted by Crippen LogP contribution is 2.34. The fourth-order valence-corrected chi connectivity index (χ4v) is 1.99. The van der Waals surface area contributed by atoms with Gasteiger partial charge in [0, 0.05) is 5.02 Å². The van der Waals surface area contributed by atoms with Crippen LogP contribution in [-0.4, -0.2) is 17.9 Å². The minimum Gasteiger partial charge on any atom is -0.275 e. The van der Waals surface area contributed by atoms with Gasteiger partial charge in [-0.2, -0.15) is 18.4 Å². The van der Waals surface area contributed by atoms with Gasteiger partial charge in [0.25, 0.3) is 0 Å². The van der Waals surface area contributed by atoms with Crippen LogP contribution in [0.15, 0.2) is 29.3 Å². The van der Waals surface area contributed by atoms with Crippen LogP contribution in [0.2, 0.25) is 5.02 Å². The summed E-state index contributed by atoms with van der Waals surface area (Å²) in [5, 5.41) is 9.40. The number of alkyl halides is 3. The first kappa shape index (κ1) is 12.9. The molecule has 0 radical (unpaired) electrons. The lowest BCUT2D eigenvalue weighted by atomic mass is 9.96. The highest BCUT2D eigenvalue weighted by atomic mass is 35.5. The van der Waals surface area contributed by atoms with Gasteiger partial charge in [-0.05, 0) is 24.1 Å². The van der Waals surface area contributed by atoms with Crippen molar-refractivity contribution in [3.63, 3.8) is 0 Å². The van der Waals surface area contributed by atoms with Crippen LogP contribution in [0.4, 0.5) is 13.2 Å². The monoisotopic (exact) mass is 272 g/mol. The number of halogens is 4. The van der Waals surface area contributed by atoms with Gasteiger partial charge >= 0.3 is 6.18 Å². The Balaban J connectivity index is 2.36. The number of nitriles is 1. The molecule has 1 aromatic carbocycles. The number of hydrogen-bond acceptors (Lipinski definition) is 2. The third-order valence-electron chi connectivity index (χ3n) is 2.76. The Bertz CT molecular complexity index is 514. The molecule has 0 aromatic heterocycles. The van der Waals surface area contributed by atoms with E-state index in [2.05, 4.69) is 4.99 Å². The Kier molecular flexibility index (Phi) is 3.31. The van der Waals surface area contributed by atoms with Crippen molar-refractivity contribution in [3.05, 3.63) is 34.9 Å². The van der Waals surface area contributed by atoms with E-state index in [0.717, 1.165) is 0 Å². The Hall–Kier alpha value is -1.54. The Morgan fingerprint density at radius 1 is 1.28 bits per heavy atom. The molecule has 1 aliphatic rings. The SMILES string of the molecule is N#CC1CC(C(F)(F)F)N=C1c1ccc(Cl)cc1. The van der Waals surface area contributed by atoms with Crippen molar-refractivity contribution >= 4 is 17.3 Å². The van der Waals surface area contributed by atoms with Crippen LogP contribution in [0.3, 0.4) is 0 Å². The van der Waals surface area contributed by atoms with Crippen LogP contribution >= 0.6 is 11.6 Å². The molecule has 0 saturated heterocycles. The molecule has 2 rings (SSSR count). The van der Waals surface area contributed by atoms with Crippen LogP contribution < -0.4 is 0 Å². The van der Waals surface area contributed by atoms with Crippen LogP contribution in [0, 0.1) is 17.2 Å². The molecule has 0 saturated carbocycles. The summed E-state index contributed by atoms with van der Waals surface area (Å²) >= 11 is 5.71. The average Bonchev–Trinajstić information content (AvgIpc) is 2.73. The molecule has 6 heteroatoms. The van der Waals surface area contributed by atoms with E-state index >= 15 is 0 Å². The van der Waals surface area contributed by atoms with Gasteiger partial charge in [0.05, 0.1) is 17.7 Å². The molecule has 0 bridgehead atoms. The second kappa shape index (κ2) is 4.62. The zero-order valence-corrected chi connectivity index (χ0v) is 9.83. The number of nitrogens with zero attached hydrogens (tertiary/aromatic N) is 2. The van der Waals surface area contributed by atoms with E-state index in [9.17, 15) is 13.2 Å². The van der Waals surface area contributed by atoms with Crippen LogP contribution in [0.1, 0.15) is 12.0 Å². The number of aliphatic imine (C=N–C) groups is 1. The molecule has 0 N–H and O–H groups in total. The summed E-state index contributed by atoms with van der Waals surface area (Å²) in [6.07, 6.45) is -4.71. The van der Waals surface area contributed by atoms with Crippen LogP contribution in [0.25, 0.3) is 0 Å². The third-order valence-corrected chi connectivity index (χ3v) is 3.01. The van der Waals surface area contributed by atoms with E-state index < -0.39 is 18.1 Å². The molecule has 0 aliphatic carbocycles. The molecule has 0 fully saturated rings. The number of benzene rings is 1. The minimum atomic E-state index is -4.40. The smallest absolute Gasteiger partial charge is 0.275 e. The van der Waals surface area contributed by atoms with Crippen molar-refractivity contribution in [2.24, 2.45) is 10.9 Å². The average molecular weight is 273 g/mol. The highest BCUT2D eigenvalue weighted by molar-refractivity contribution is 6.30. The first-order valence-corrected chi connectivity index (χ1v) is 5.59. The van der Waals surface area contributed by atoms with Gasteiger partial charge in [-0.1, -0.05) is 23.7 Å². The molecule has 0 amide bonds. The molecule has 1 heterocycles. The number of hydrogen-bond donors (Lipinski definition) is 0.